The van der Waals surface area contributed by atoms with Gasteiger partial charge in [-0.1, -0.05) is 0 Å². The first-order valence-corrected chi connectivity index (χ1v) is 8.72. The summed E-state index contributed by atoms with van der Waals surface area (Å²) in [6.45, 7) is 6.07. The molecule has 1 aromatic rings. The first-order valence-electron chi connectivity index (χ1n) is 8.72. The number of carbonyl (C=O) groups excluding carboxylic acids is 2. The van der Waals surface area contributed by atoms with Gasteiger partial charge in [-0.3, -0.25) is 9.59 Å². The van der Waals surface area contributed by atoms with Crippen molar-refractivity contribution in [3.05, 3.63) is 29.8 Å². The van der Waals surface area contributed by atoms with Crippen LogP contribution in [0.3, 0.4) is 0 Å². The summed E-state index contributed by atoms with van der Waals surface area (Å²) >= 11 is 0. The highest BCUT2D eigenvalue weighted by Crippen LogP contribution is 2.21. The average molecular weight is 316 g/mol. The van der Waals surface area contributed by atoms with Crippen LogP contribution in [0.2, 0.25) is 0 Å². The van der Waals surface area contributed by atoms with Crippen LogP contribution >= 0.6 is 0 Å². The molecule has 1 unspecified atom stereocenters. The lowest BCUT2D eigenvalue weighted by Crippen LogP contribution is -3.14. The molecule has 5 heteroatoms. The van der Waals surface area contributed by atoms with Gasteiger partial charge >= 0.3 is 0 Å². The summed E-state index contributed by atoms with van der Waals surface area (Å²) in [7, 11) is 0. The van der Waals surface area contributed by atoms with E-state index in [-0.39, 0.29) is 11.8 Å². The molecule has 0 spiro atoms. The molecule has 2 amide bonds. The molecule has 2 atom stereocenters. The van der Waals surface area contributed by atoms with E-state index in [1.807, 2.05) is 24.3 Å². The highest BCUT2D eigenvalue weighted by atomic mass is 16.2. The quantitative estimate of drug-likeness (QED) is 0.836. The van der Waals surface area contributed by atoms with E-state index < -0.39 is 0 Å². The molecule has 0 radical (unpaired) electrons. The van der Waals surface area contributed by atoms with Crippen LogP contribution in [-0.4, -0.2) is 44.0 Å². The number of hydrogen-bond acceptors (Lipinski definition) is 2. The molecule has 2 fully saturated rings. The van der Waals surface area contributed by atoms with E-state index in [2.05, 4.69) is 12.2 Å². The Hall–Kier alpha value is -1.88. The number of amides is 2. The minimum Gasteiger partial charge on any atom is -0.346 e. The van der Waals surface area contributed by atoms with Gasteiger partial charge in [0.2, 0.25) is 5.91 Å². The molecule has 0 saturated carbocycles. The maximum absolute atomic E-state index is 12.3. The molecule has 2 saturated heterocycles. The Bertz CT molecular complexity index is 570. The lowest BCUT2D eigenvalue weighted by molar-refractivity contribution is -0.909. The number of benzene rings is 1. The van der Waals surface area contributed by atoms with Crippen LogP contribution in [-0.2, 0) is 4.79 Å². The van der Waals surface area contributed by atoms with Gasteiger partial charge in [0.1, 0.15) is 6.04 Å². The van der Waals surface area contributed by atoms with E-state index >= 15 is 0 Å². The molecule has 0 aromatic heterocycles. The highest BCUT2D eigenvalue weighted by molar-refractivity contribution is 5.97. The molecule has 2 heterocycles. The van der Waals surface area contributed by atoms with Gasteiger partial charge in [-0.25, -0.2) is 0 Å². The number of quaternary nitrogens is 1. The normalized spacial score (nSPS) is 24.2. The molecule has 2 N–H and O–H groups in total. The van der Waals surface area contributed by atoms with Gasteiger partial charge in [-0.05, 0) is 37.6 Å². The first kappa shape index (κ1) is 16.0. The topological polar surface area (TPSA) is 53.9 Å². The molecular weight excluding hydrogens is 290 g/mol. The molecule has 3 rings (SSSR count). The molecule has 124 valence electrons. The fraction of sp³-hybridized carbons (Fsp3) is 0.556. The van der Waals surface area contributed by atoms with Crippen LogP contribution in [0.4, 0.5) is 5.69 Å². The molecule has 0 aliphatic carbocycles. The molecule has 2 aliphatic heterocycles. The number of anilines is 1. The number of likely N-dealkylation sites (tertiary alicyclic amines) is 1. The van der Waals surface area contributed by atoms with Crippen LogP contribution in [0.25, 0.3) is 0 Å². The predicted molar refractivity (Wildman–Crippen MR) is 89.8 cm³/mol. The lowest BCUT2D eigenvalue weighted by atomic mass is 10.1. The Morgan fingerprint density at radius 1 is 1.30 bits per heavy atom. The van der Waals surface area contributed by atoms with Gasteiger partial charge in [-0.15, -0.1) is 0 Å². The highest BCUT2D eigenvalue weighted by Gasteiger charge is 2.27. The van der Waals surface area contributed by atoms with E-state index in [4.69, 9.17) is 0 Å². The van der Waals surface area contributed by atoms with Crippen LogP contribution in [0.1, 0.15) is 43.0 Å². The fourth-order valence-corrected chi connectivity index (χ4v) is 3.73. The fourth-order valence-electron chi connectivity index (χ4n) is 3.73. The van der Waals surface area contributed by atoms with Gasteiger partial charge in [0, 0.05) is 37.1 Å². The van der Waals surface area contributed by atoms with Crippen molar-refractivity contribution in [1.29, 1.82) is 0 Å². The van der Waals surface area contributed by atoms with Crippen molar-refractivity contribution in [2.45, 2.75) is 38.6 Å². The second-order valence-corrected chi connectivity index (χ2v) is 6.51. The maximum Gasteiger partial charge on any atom is 0.251 e. The molecular formula is C18H26N3O2+. The zero-order valence-corrected chi connectivity index (χ0v) is 13.8. The summed E-state index contributed by atoms with van der Waals surface area (Å²) in [5.41, 5.74) is 1.55. The third-order valence-electron chi connectivity index (χ3n) is 5.11. The van der Waals surface area contributed by atoms with Crippen molar-refractivity contribution in [2.75, 3.05) is 31.1 Å². The van der Waals surface area contributed by atoms with Crippen molar-refractivity contribution in [3.8, 4) is 0 Å². The molecule has 23 heavy (non-hydrogen) atoms. The molecule has 1 aromatic carbocycles. The van der Waals surface area contributed by atoms with Crippen LogP contribution in [0, 0.1) is 0 Å². The Labute approximate surface area is 137 Å². The Kier molecular flexibility index (Phi) is 4.96. The molecule has 2 aliphatic rings. The zero-order chi connectivity index (χ0) is 16.2. The van der Waals surface area contributed by atoms with E-state index in [0.29, 0.717) is 18.0 Å². The SMILES string of the molecule is CC[NH+]1CCC[C@@H]1CNC(=O)c1ccc(N2CCCC2=O)cc1. The maximum atomic E-state index is 12.3. The van der Waals surface area contributed by atoms with Gasteiger partial charge in [0.25, 0.3) is 5.91 Å². The number of hydrogen-bond donors (Lipinski definition) is 2. The van der Waals surface area contributed by atoms with Crippen molar-refractivity contribution < 1.29 is 14.5 Å². The summed E-state index contributed by atoms with van der Waals surface area (Å²) in [6.07, 6.45) is 3.99. The third-order valence-corrected chi connectivity index (χ3v) is 5.11. The first-order chi connectivity index (χ1) is 11.2. The minimum atomic E-state index is -0.0216. The predicted octanol–water partition coefficient (Wildman–Crippen LogP) is 0.610. The minimum absolute atomic E-state index is 0.0216. The van der Waals surface area contributed by atoms with E-state index in [1.54, 1.807) is 9.80 Å². The monoisotopic (exact) mass is 316 g/mol. The van der Waals surface area contributed by atoms with E-state index in [0.717, 1.165) is 31.7 Å². The van der Waals surface area contributed by atoms with Crippen molar-refractivity contribution >= 4 is 17.5 Å². The summed E-state index contributed by atoms with van der Waals surface area (Å²) < 4.78 is 0. The Balaban J connectivity index is 1.56. The number of nitrogens with one attached hydrogen (secondary N) is 2. The summed E-state index contributed by atoms with van der Waals surface area (Å²) in [5.74, 6) is 0.151. The van der Waals surface area contributed by atoms with Crippen molar-refractivity contribution in [1.82, 2.24) is 5.32 Å². The van der Waals surface area contributed by atoms with Gasteiger partial charge in [-0.2, -0.15) is 0 Å². The largest absolute Gasteiger partial charge is 0.346 e. The average Bonchev–Trinajstić information content (AvgIpc) is 3.21. The molecule has 5 nitrogen and oxygen atoms in total. The van der Waals surface area contributed by atoms with Crippen molar-refractivity contribution in [2.24, 2.45) is 0 Å². The number of nitrogens with zero attached hydrogens (tertiary/aromatic N) is 1. The summed E-state index contributed by atoms with van der Waals surface area (Å²) in [4.78, 5) is 27.4. The second kappa shape index (κ2) is 7.13. The smallest absolute Gasteiger partial charge is 0.251 e. The summed E-state index contributed by atoms with van der Waals surface area (Å²) in [5, 5.41) is 3.06. The number of likely N-dealkylation sites (N-methyl/N-ethyl adjacent to an activating group) is 1. The van der Waals surface area contributed by atoms with Gasteiger partial charge in [0.15, 0.2) is 0 Å². The van der Waals surface area contributed by atoms with Crippen LogP contribution < -0.4 is 15.1 Å². The summed E-state index contributed by atoms with van der Waals surface area (Å²) in [6, 6.07) is 7.92. The third kappa shape index (κ3) is 3.55. The van der Waals surface area contributed by atoms with Gasteiger partial charge in [0.05, 0.1) is 19.6 Å². The van der Waals surface area contributed by atoms with E-state index in [1.165, 1.54) is 19.4 Å². The lowest BCUT2D eigenvalue weighted by Gasteiger charge is -2.20. The Morgan fingerprint density at radius 3 is 2.74 bits per heavy atom. The molecule has 0 bridgehead atoms. The zero-order valence-electron chi connectivity index (χ0n) is 13.8. The van der Waals surface area contributed by atoms with Crippen LogP contribution in [0.5, 0.6) is 0 Å². The van der Waals surface area contributed by atoms with Gasteiger partial charge < -0.3 is 15.1 Å². The second-order valence-electron chi connectivity index (χ2n) is 6.51. The number of carbonyl (C=O) groups is 2. The standard InChI is InChI=1S/C18H25N3O2/c1-2-20-11-3-5-16(20)13-19-18(23)14-7-9-15(10-8-14)21-12-4-6-17(21)22/h7-10,16H,2-6,11-13H2,1H3,(H,19,23)/p+1/t16-/m1/s1. The Morgan fingerprint density at radius 2 is 2.09 bits per heavy atom. The van der Waals surface area contributed by atoms with E-state index in [9.17, 15) is 9.59 Å². The number of rotatable bonds is 5. The van der Waals surface area contributed by atoms with Crippen molar-refractivity contribution in [3.63, 3.8) is 0 Å². The van der Waals surface area contributed by atoms with Crippen LogP contribution in [0.15, 0.2) is 24.3 Å².